The van der Waals surface area contributed by atoms with Crippen LogP contribution in [0.1, 0.15) is 0 Å². The summed E-state index contributed by atoms with van der Waals surface area (Å²) in [5.41, 5.74) is 2.50. The van der Waals surface area contributed by atoms with E-state index in [1.165, 1.54) is 0 Å². The van der Waals surface area contributed by atoms with Gasteiger partial charge in [0.15, 0.2) is 5.82 Å². The Morgan fingerprint density at radius 1 is 1.24 bits per heavy atom. The van der Waals surface area contributed by atoms with Crippen LogP contribution in [-0.2, 0) is 7.05 Å². The average molecular weight is 226 g/mol. The van der Waals surface area contributed by atoms with Crippen molar-refractivity contribution in [1.82, 2.24) is 19.5 Å². The van der Waals surface area contributed by atoms with Crippen LogP contribution in [0.5, 0.6) is 0 Å². The molecule has 0 bridgehead atoms. The Balaban J connectivity index is 2.26. The number of imidazole rings is 1. The summed E-state index contributed by atoms with van der Waals surface area (Å²) >= 11 is 0. The molecule has 0 radical (unpaired) electrons. The molecule has 0 aromatic carbocycles. The summed E-state index contributed by atoms with van der Waals surface area (Å²) in [4.78, 5) is 21.8. The van der Waals surface area contributed by atoms with Crippen molar-refractivity contribution < 1.29 is 0 Å². The topological polar surface area (TPSA) is 63.6 Å². The molecular weight excluding hydrogens is 216 g/mol. The second kappa shape index (κ2) is 3.55. The largest absolute Gasteiger partial charge is 0.347 e. The number of aromatic amines is 1. The number of aromatic nitrogens is 4. The summed E-state index contributed by atoms with van der Waals surface area (Å²) in [5, 5.41) is 0. The first-order valence-electron chi connectivity index (χ1n) is 5.21. The molecule has 0 amide bonds. The van der Waals surface area contributed by atoms with E-state index in [0.29, 0.717) is 5.82 Å². The van der Waals surface area contributed by atoms with Crippen molar-refractivity contribution >= 4 is 0 Å². The fraction of sp³-hybridized carbons (Fsp3) is 0.0833. The normalized spacial score (nSPS) is 10.9. The van der Waals surface area contributed by atoms with Crippen molar-refractivity contribution in [3.8, 4) is 22.6 Å². The van der Waals surface area contributed by atoms with Crippen LogP contribution in [0, 0.1) is 0 Å². The van der Waals surface area contributed by atoms with Crippen molar-refractivity contribution in [3.63, 3.8) is 0 Å². The van der Waals surface area contributed by atoms with E-state index in [0.717, 1.165) is 16.8 Å². The van der Waals surface area contributed by atoms with Gasteiger partial charge in [-0.1, -0.05) is 0 Å². The molecule has 2 aliphatic rings. The Morgan fingerprint density at radius 2 is 2.00 bits per heavy atom. The van der Waals surface area contributed by atoms with Crippen molar-refractivity contribution in [1.29, 1.82) is 0 Å². The molecule has 17 heavy (non-hydrogen) atoms. The summed E-state index contributed by atoms with van der Waals surface area (Å²) in [7, 11) is 1.87. The highest BCUT2D eigenvalue weighted by Gasteiger charge is 2.11. The first kappa shape index (κ1) is 9.77. The van der Waals surface area contributed by atoms with E-state index >= 15 is 0 Å². The minimum Gasteiger partial charge on any atom is -0.334 e. The number of pyridine rings is 2. The van der Waals surface area contributed by atoms with E-state index < -0.39 is 0 Å². The lowest BCUT2D eigenvalue weighted by molar-refractivity contribution is 0.889. The van der Waals surface area contributed by atoms with Gasteiger partial charge in [-0.15, -0.1) is 0 Å². The Morgan fingerprint density at radius 3 is 2.76 bits per heavy atom. The maximum Gasteiger partial charge on any atom is 0.347 e. The maximum atomic E-state index is 11.2. The van der Waals surface area contributed by atoms with E-state index in [4.69, 9.17) is 0 Å². The molecule has 5 heteroatoms. The molecule has 0 fully saturated rings. The molecule has 84 valence electrons. The zero-order valence-electron chi connectivity index (χ0n) is 9.21. The van der Waals surface area contributed by atoms with Crippen LogP contribution in [0.4, 0.5) is 0 Å². The van der Waals surface area contributed by atoms with Gasteiger partial charge in [-0.05, 0) is 23.8 Å². The van der Waals surface area contributed by atoms with Gasteiger partial charge in [-0.3, -0.25) is 4.98 Å². The van der Waals surface area contributed by atoms with Crippen LogP contribution in [0.3, 0.4) is 0 Å². The van der Waals surface area contributed by atoms with Crippen molar-refractivity contribution in [2.45, 2.75) is 0 Å². The molecule has 5 nitrogen and oxygen atoms in total. The molecule has 0 atom stereocenters. The lowest BCUT2D eigenvalue weighted by atomic mass is 10.1. The van der Waals surface area contributed by atoms with Gasteiger partial charge >= 0.3 is 5.69 Å². The lowest BCUT2D eigenvalue weighted by Crippen LogP contribution is -2.01. The van der Waals surface area contributed by atoms with Crippen LogP contribution in [0.25, 0.3) is 22.6 Å². The summed E-state index contributed by atoms with van der Waals surface area (Å²) in [6, 6.07) is 5.77. The fourth-order valence-corrected chi connectivity index (χ4v) is 1.89. The molecule has 0 spiro atoms. The van der Waals surface area contributed by atoms with Crippen molar-refractivity contribution in [2.75, 3.05) is 0 Å². The molecular formula is C12H10N4O. The Bertz CT molecular complexity index is 683. The van der Waals surface area contributed by atoms with Crippen LogP contribution < -0.4 is 5.69 Å². The third kappa shape index (κ3) is 1.61. The van der Waals surface area contributed by atoms with Gasteiger partial charge in [0, 0.05) is 31.2 Å². The number of hydrogen-bond donors (Lipinski definition) is 1. The van der Waals surface area contributed by atoms with Gasteiger partial charge in [0.1, 0.15) is 0 Å². The molecule has 1 aromatic rings. The van der Waals surface area contributed by atoms with E-state index in [1.54, 1.807) is 12.4 Å². The quantitative estimate of drug-likeness (QED) is 0.679. The summed E-state index contributed by atoms with van der Waals surface area (Å²) < 4.78 is 1.84. The third-order valence-electron chi connectivity index (χ3n) is 2.67. The van der Waals surface area contributed by atoms with Gasteiger partial charge in [0.25, 0.3) is 0 Å². The molecule has 1 aromatic heterocycles. The molecule has 0 saturated heterocycles. The summed E-state index contributed by atoms with van der Waals surface area (Å²) in [6.07, 6.45) is 5.43. The van der Waals surface area contributed by atoms with Gasteiger partial charge in [0.05, 0.1) is 5.69 Å². The number of aryl methyl sites for hydroxylation is 1. The molecule has 0 aliphatic carbocycles. The van der Waals surface area contributed by atoms with E-state index in [-0.39, 0.29) is 5.69 Å². The third-order valence-corrected chi connectivity index (χ3v) is 2.67. The fourth-order valence-electron chi connectivity index (χ4n) is 1.89. The number of hydrogen-bond acceptors (Lipinski definition) is 3. The standard InChI is InChI=1S/C12H10N4O/c1-16-7-9(8-2-4-13-5-3-8)6-10-11(16)15-12(17)14-10/h2-7H,1H3,(H,14,17). The van der Waals surface area contributed by atoms with E-state index in [1.807, 2.05) is 36.0 Å². The molecule has 3 heterocycles. The van der Waals surface area contributed by atoms with Crippen molar-refractivity contribution in [2.24, 2.45) is 7.05 Å². The summed E-state index contributed by atoms with van der Waals surface area (Å²) in [6.45, 7) is 0. The highest BCUT2D eigenvalue weighted by atomic mass is 16.1. The smallest absolute Gasteiger partial charge is 0.334 e. The van der Waals surface area contributed by atoms with Gasteiger partial charge in [-0.25, -0.2) is 4.79 Å². The van der Waals surface area contributed by atoms with Crippen LogP contribution in [-0.4, -0.2) is 19.5 Å². The molecule has 0 saturated carbocycles. The SMILES string of the molecule is Cn1cc(-c2ccncc2)cc2[nH]c(=O)nc1-2. The molecule has 0 unspecified atom stereocenters. The van der Waals surface area contributed by atoms with Crippen LogP contribution >= 0.6 is 0 Å². The average Bonchev–Trinajstić information content (AvgIpc) is 2.71. The Hall–Kier alpha value is -2.43. The van der Waals surface area contributed by atoms with Crippen LogP contribution in [0.2, 0.25) is 0 Å². The lowest BCUT2D eigenvalue weighted by Gasteiger charge is -2.09. The molecule has 2 aliphatic heterocycles. The number of nitrogens with zero attached hydrogens (tertiary/aromatic N) is 3. The van der Waals surface area contributed by atoms with Gasteiger partial charge in [0.2, 0.25) is 0 Å². The predicted octanol–water partition coefficient (Wildman–Crippen LogP) is 1.28. The number of H-pyrrole nitrogens is 1. The Kier molecular flexibility index (Phi) is 2.04. The van der Waals surface area contributed by atoms with Crippen LogP contribution in [0.15, 0.2) is 41.6 Å². The van der Waals surface area contributed by atoms with Crippen molar-refractivity contribution in [3.05, 3.63) is 47.3 Å². The second-order valence-corrected chi connectivity index (χ2v) is 3.85. The summed E-state index contributed by atoms with van der Waals surface area (Å²) in [5.74, 6) is 0.660. The Labute approximate surface area is 97.1 Å². The van der Waals surface area contributed by atoms with Gasteiger partial charge < -0.3 is 9.55 Å². The number of nitrogens with one attached hydrogen (secondary N) is 1. The second-order valence-electron chi connectivity index (χ2n) is 3.85. The maximum absolute atomic E-state index is 11.2. The zero-order valence-corrected chi connectivity index (χ0v) is 9.21. The van der Waals surface area contributed by atoms with E-state index in [2.05, 4.69) is 15.0 Å². The molecule has 1 N–H and O–H groups in total. The molecule has 3 rings (SSSR count). The minimum atomic E-state index is -0.317. The highest BCUT2D eigenvalue weighted by Crippen LogP contribution is 2.24. The number of fused-ring (bicyclic) bond motifs is 1. The highest BCUT2D eigenvalue weighted by molar-refractivity contribution is 5.68. The zero-order chi connectivity index (χ0) is 11.8. The first-order chi connectivity index (χ1) is 8.24. The first-order valence-corrected chi connectivity index (χ1v) is 5.21. The van der Waals surface area contributed by atoms with Gasteiger partial charge in [-0.2, -0.15) is 4.98 Å². The minimum absolute atomic E-state index is 0.317. The number of rotatable bonds is 1. The predicted molar refractivity (Wildman–Crippen MR) is 63.7 cm³/mol. The van der Waals surface area contributed by atoms with E-state index in [9.17, 15) is 4.79 Å². The monoisotopic (exact) mass is 226 g/mol.